The molecule has 0 saturated carbocycles. The average Bonchev–Trinajstić information content (AvgIpc) is 4.06. The molecule has 0 aliphatic carbocycles. The zero-order valence-corrected chi connectivity index (χ0v) is 41.8. The standard InChI is InChI=1S/C49H64N10O6SSi/c1-30(2)43(47(62)58-25-35(65-67(8,9)48(5,6)7)22-39(58)46(61)53-31(3)33-14-16-34(17-15-33)44-32(4)52-29-66-44)41-24-42(56-64-41)63-21-20-57-18-19-59-38-23-37(36-12-10-11-13-40(36)60)54-55-45(38)51-27-49(59,26-50)28-57/h10-17,23-24,26,29-31,35,39,43,50,60H,18-22,25,27-28H2,1-9H3,(H,51,55)(H,53,61)/t31-,35?,39-,43+,49?/m0/s1. The lowest BCUT2D eigenvalue weighted by Crippen LogP contribution is -2.68. The van der Waals surface area contributed by atoms with Crippen molar-refractivity contribution < 1.29 is 28.4 Å². The molecule has 3 aliphatic heterocycles. The molecule has 3 aliphatic rings. The van der Waals surface area contributed by atoms with E-state index in [-0.39, 0.29) is 53.1 Å². The first-order chi connectivity index (χ1) is 31.9. The number of aromatic nitrogens is 4. The number of carbonyl (C=O) groups is 2. The second kappa shape index (κ2) is 19.1. The number of benzene rings is 2. The zero-order valence-electron chi connectivity index (χ0n) is 40.0. The van der Waals surface area contributed by atoms with Crippen molar-refractivity contribution in [2.45, 2.75) is 103 Å². The summed E-state index contributed by atoms with van der Waals surface area (Å²) < 4.78 is 18.9. The summed E-state index contributed by atoms with van der Waals surface area (Å²) in [6.45, 7) is 22.4. The van der Waals surface area contributed by atoms with Crippen LogP contribution in [0.1, 0.15) is 76.9 Å². The highest BCUT2D eigenvalue weighted by Crippen LogP contribution is 2.42. The van der Waals surface area contributed by atoms with Crippen LogP contribution in [0.25, 0.3) is 21.7 Å². The number of phenols is 1. The van der Waals surface area contributed by atoms with E-state index < -0.39 is 25.8 Å². The Morgan fingerprint density at radius 3 is 2.55 bits per heavy atom. The number of nitrogens with zero attached hydrogens (tertiary/aromatic N) is 7. The molecule has 2 amide bonds. The first kappa shape index (κ1) is 47.8. The predicted octanol–water partition coefficient (Wildman–Crippen LogP) is 7.89. The third kappa shape index (κ3) is 9.85. The smallest absolute Gasteiger partial charge is 0.254 e. The molecule has 0 spiro atoms. The van der Waals surface area contributed by atoms with Gasteiger partial charge in [0.1, 0.15) is 29.9 Å². The Balaban J connectivity index is 0.927. The molecule has 3 aromatic heterocycles. The van der Waals surface area contributed by atoms with E-state index in [2.05, 4.69) is 86.8 Å². The van der Waals surface area contributed by atoms with Gasteiger partial charge in [-0.15, -0.1) is 21.5 Å². The quantitative estimate of drug-likeness (QED) is 0.0585. The maximum Gasteiger partial charge on any atom is 0.254 e. The zero-order chi connectivity index (χ0) is 47.8. The van der Waals surface area contributed by atoms with Crippen molar-refractivity contribution in [1.29, 1.82) is 5.41 Å². The average molecular weight is 949 g/mol. The molecule has 356 valence electrons. The van der Waals surface area contributed by atoms with Crippen LogP contribution in [-0.2, 0) is 14.0 Å². The van der Waals surface area contributed by atoms with Crippen molar-refractivity contribution in [2.24, 2.45) is 5.92 Å². The van der Waals surface area contributed by atoms with Crippen LogP contribution in [0.2, 0.25) is 18.1 Å². The van der Waals surface area contributed by atoms with Crippen molar-refractivity contribution in [2.75, 3.05) is 56.1 Å². The van der Waals surface area contributed by atoms with E-state index in [4.69, 9.17) is 19.1 Å². The summed E-state index contributed by atoms with van der Waals surface area (Å²) in [6.07, 6.45) is 1.57. The third-order valence-electron chi connectivity index (χ3n) is 14.0. The minimum atomic E-state index is -2.25. The number of rotatable bonds is 15. The molecule has 67 heavy (non-hydrogen) atoms. The monoisotopic (exact) mass is 948 g/mol. The Kier molecular flexibility index (Phi) is 13.6. The molecule has 6 heterocycles. The topological polar surface area (TPSA) is 195 Å². The number of carbonyl (C=O) groups excluding carboxylic acids is 2. The molecule has 2 aromatic carbocycles. The molecule has 0 bridgehead atoms. The Morgan fingerprint density at radius 2 is 1.87 bits per heavy atom. The number of amides is 2. The van der Waals surface area contributed by atoms with Gasteiger partial charge in [-0.2, -0.15) is 0 Å². The first-order valence-corrected chi connectivity index (χ1v) is 27.0. The van der Waals surface area contributed by atoms with Crippen molar-refractivity contribution in [3.8, 4) is 33.3 Å². The van der Waals surface area contributed by atoms with Crippen LogP contribution in [-0.4, -0.2) is 125 Å². The maximum absolute atomic E-state index is 14.8. The summed E-state index contributed by atoms with van der Waals surface area (Å²) in [6, 6.07) is 17.8. The van der Waals surface area contributed by atoms with Gasteiger partial charge in [-0.05, 0) is 72.4 Å². The molecular weight excluding hydrogens is 885 g/mol. The Labute approximate surface area is 398 Å². The highest BCUT2D eigenvalue weighted by atomic mass is 32.1. The van der Waals surface area contributed by atoms with Crippen LogP contribution in [0.4, 0.5) is 11.5 Å². The molecule has 16 nitrogen and oxygen atoms in total. The van der Waals surface area contributed by atoms with Crippen LogP contribution in [0, 0.1) is 18.3 Å². The summed E-state index contributed by atoms with van der Waals surface area (Å²) in [5, 5.41) is 38.7. The van der Waals surface area contributed by atoms with Gasteiger partial charge in [0.2, 0.25) is 11.8 Å². The summed E-state index contributed by atoms with van der Waals surface area (Å²) in [5.74, 6) is 0.0869. The van der Waals surface area contributed by atoms with Crippen molar-refractivity contribution in [3.05, 3.63) is 83.2 Å². The van der Waals surface area contributed by atoms with Gasteiger partial charge in [-0.25, -0.2) is 4.98 Å². The van der Waals surface area contributed by atoms with Gasteiger partial charge < -0.3 is 44.6 Å². The molecule has 18 heteroatoms. The van der Waals surface area contributed by atoms with E-state index >= 15 is 0 Å². The van der Waals surface area contributed by atoms with Crippen LogP contribution in [0.5, 0.6) is 11.6 Å². The van der Waals surface area contributed by atoms with Crippen LogP contribution < -0.4 is 20.3 Å². The molecule has 2 saturated heterocycles. The Hall–Kier alpha value is -5.69. The summed E-state index contributed by atoms with van der Waals surface area (Å²) >= 11 is 1.60. The number of likely N-dealkylation sites (tertiary alicyclic amines) is 1. The highest BCUT2D eigenvalue weighted by molar-refractivity contribution is 7.13. The number of nitrogens with one attached hydrogen (secondary N) is 3. The van der Waals surface area contributed by atoms with Crippen molar-refractivity contribution >= 4 is 49.2 Å². The number of para-hydroxylation sites is 1. The lowest BCUT2D eigenvalue weighted by Gasteiger charge is -2.52. The maximum atomic E-state index is 14.8. The number of thiazole rings is 1. The molecular formula is C49H64N10O6SSi. The molecule has 2 fully saturated rings. The summed E-state index contributed by atoms with van der Waals surface area (Å²) in [5.41, 5.74) is 6.22. The van der Waals surface area contributed by atoms with Crippen molar-refractivity contribution in [1.82, 2.24) is 35.5 Å². The second-order valence-corrected chi connectivity index (χ2v) is 25.6. The van der Waals surface area contributed by atoms with Gasteiger partial charge in [-0.3, -0.25) is 14.5 Å². The number of hydrogen-bond acceptors (Lipinski definition) is 15. The van der Waals surface area contributed by atoms with Gasteiger partial charge in [0.15, 0.2) is 19.9 Å². The fraction of sp³-hybridized carbons (Fsp3) is 0.490. The Bertz CT molecular complexity index is 2580. The lowest BCUT2D eigenvalue weighted by atomic mass is 9.91. The van der Waals surface area contributed by atoms with Gasteiger partial charge in [0, 0.05) is 63.5 Å². The Morgan fingerprint density at radius 1 is 1.10 bits per heavy atom. The van der Waals surface area contributed by atoms with Crippen LogP contribution >= 0.6 is 11.3 Å². The molecule has 4 N–H and O–H groups in total. The van der Waals surface area contributed by atoms with E-state index in [1.54, 1.807) is 34.4 Å². The number of aromatic hydroxyl groups is 1. The number of anilines is 2. The van der Waals surface area contributed by atoms with Gasteiger partial charge in [0.25, 0.3) is 5.88 Å². The fourth-order valence-electron chi connectivity index (χ4n) is 9.21. The van der Waals surface area contributed by atoms with Gasteiger partial charge in [-0.1, -0.05) is 71.0 Å². The van der Waals surface area contributed by atoms with E-state index in [9.17, 15) is 14.7 Å². The molecule has 5 atom stereocenters. The third-order valence-corrected chi connectivity index (χ3v) is 19.6. The lowest BCUT2D eigenvalue weighted by molar-refractivity contribution is -0.141. The molecule has 8 rings (SSSR count). The van der Waals surface area contributed by atoms with Crippen molar-refractivity contribution in [3.63, 3.8) is 0 Å². The fourth-order valence-corrected chi connectivity index (χ4v) is 11.4. The largest absolute Gasteiger partial charge is 0.507 e. The number of aryl methyl sites for hydroxylation is 1. The second-order valence-electron chi connectivity index (χ2n) is 20.0. The van der Waals surface area contributed by atoms with Gasteiger partial charge >= 0.3 is 0 Å². The highest BCUT2D eigenvalue weighted by Gasteiger charge is 2.48. The molecule has 2 unspecified atom stereocenters. The predicted molar refractivity (Wildman–Crippen MR) is 264 cm³/mol. The van der Waals surface area contributed by atoms with E-state index in [1.807, 2.05) is 63.5 Å². The number of hydrogen-bond donors (Lipinski definition) is 4. The molecule has 0 radical (unpaired) electrons. The minimum absolute atomic E-state index is 0.0540. The van der Waals surface area contributed by atoms with Crippen LogP contribution in [0.3, 0.4) is 0 Å². The summed E-state index contributed by atoms with van der Waals surface area (Å²) in [4.78, 5) is 40.8. The van der Waals surface area contributed by atoms with E-state index in [1.165, 1.54) is 6.21 Å². The number of ether oxygens (including phenoxy) is 1. The first-order valence-electron chi connectivity index (χ1n) is 23.2. The number of piperazine rings is 1. The van der Waals surface area contributed by atoms with Crippen LogP contribution in [0.15, 0.2) is 70.7 Å². The number of fused-ring (bicyclic) bond motifs is 3. The van der Waals surface area contributed by atoms with Gasteiger partial charge in [0.05, 0.1) is 39.6 Å². The van der Waals surface area contributed by atoms with E-state index in [0.29, 0.717) is 68.6 Å². The molecule has 5 aromatic rings. The van der Waals surface area contributed by atoms with E-state index in [0.717, 1.165) is 27.4 Å². The normalized spacial score (nSPS) is 20.7. The summed E-state index contributed by atoms with van der Waals surface area (Å²) in [7, 11) is -2.25. The number of phenolic OH excluding ortho intramolecular Hbond substituents is 1. The SMILES string of the molecule is Cc1ncsc1-c1ccc([C@H](C)NC(=O)[C@@H]2CC(O[Si](C)(C)C(C)(C)C)CN2C(=O)[C@@H](c2cc(OCCN3CCN4c5cc(-c6ccccc6O)nnc5NCC4(C=N)C3)no2)C(C)C)cc1. The minimum Gasteiger partial charge on any atom is -0.507 e.